The van der Waals surface area contributed by atoms with Crippen LogP contribution in [-0.4, -0.2) is 33.5 Å². The zero-order valence-corrected chi connectivity index (χ0v) is 13.5. The molecule has 4 nitrogen and oxygen atoms in total. The maximum atomic E-state index is 5.58. The molecule has 0 fully saturated rings. The molecule has 0 amide bonds. The molecule has 0 aromatic heterocycles. The van der Waals surface area contributed by atoms with Crippen LogP contribution >= 0.6 is 12.4 Å². The number of halogens is 1. The molecule has 1 N–H and O–H groups in total. The zero-order chi connectivity index (χ0) is 14.6. The summed E-state index contributed by atoms with van der Waals surface area (Å²) in [6, 6.07) is 5.89. The van der Waals surface area contributed by atoms with E-state index < -0.39 is 0 Å². The van der Waals surface area contributed by atoms with Gasteiger partial charge in [-0.2, -0.15) is 0 Å². The fraction of sp³-hybridized carbons (Fsp3) is 0.500. The van der Waals surface area contributed by atoms with Crippen molar-refractivity contribution in [1.29, 1.82) is 0 Å². The van der Waals surface area contributed by atoms with Crippen LogP contribution in [-0.2, 0) is 11.3 Å². The monoisotopic (exact) mass is 313 g/mol. The average molecular weight is 314 g/mol. The first kappa shape index (κ1) is 19.6. The van der Waals surface area contributed by atoms with Crippen LogP contribution in [0.25, 0.3) is 0 Å². The molecule has 0 saturated carbocycles. The lowest BCUT2D eigenvalue weighted by molar-refractivity contribution is 0.194. The molecule has 1 rings (SSSR count). The van der Waals surface area contributed by atoms with Crippen LogP contribution in [0.3, 0.4) is 0 Å². The first-order valence-electron chi connectivity index (χ1n) is 6.83. The Balaban J connectivity index is 0.00000400. The third-order valence-corrected chi connectivity index (χ3v) is 2.65. The minimum atomic E-state index is 0. The number of hydrogen-bond donors (Lipinski definition) is 1. The fourth-order valence-electron chi connectivity index (χ4n) is 1.74. The molecule has 5 heteroatoms. The van der Waals surface area contributed by atoms with E-state index in [2.05, 4.69) is 11.2 Å². The highest BCUT2D eigenvalue weighted by Gasteiger charge is 2.06. The van der Waals surface area contributed by atoms with Gasteiger partial charge < -0.3 is 19.5 Å². The molecule has 118 valence electrons. The lowest BCUT2D eigenvalue weighted by atomic mass is 10.2. The summed E-state index contributed by atoms with van der Waals surface area (Å²) in [7, 11) is 1.71. The van der Waals surface area contributed by atoms with E-state index in [9.17, 15) is 0 Å². The van der Waals surface area contributed by atoms with Gasteiger partial charge in [0.2, 0.25) is 0 Å². The molecular formula is C16H24ClNO3. The molecule has 0 aliphatic heterocycles. The summed E-state index contributed by atoms with van der Waals surface area (Å²) in [5.74, 6) is 3.88. The van der Waals surface area contributed by atoms with Gasteiger partial charge >= 0.3 is 0 Å². The van der Waals surface area contributed by atoms with Gasteiger partial charge in [0.05, 0.1) is 6.61 Å². The van der Waals surface area contributed by atoms with Gasteiger partial charge in [0.15, 0.2) is 11.5 Å². The van der Waals surface area contributed by atoms with E-state index in [0.29, 0.717) is 12.4 Å². The predicted molar refractivity (Wildman–Crippen MR) is 87.4 cm³/mol. The SMILES string of the molecule is C#CCOc1ccc(CNCCCOC)cc1OCC.Cl. The molecule has 1 aromatic carbocycles. The van der Waals surface area contributed by atoms with E-state index in [1.807, 2.05) is 25.1 Å². The summed E-state index contributed by atoms with van der Waals surface area (Å²) in [6.45, 7) is 5.27. The Bertz CT molecular complexity index is 432. The molecule has 0 unspecified atom stereocenters. The predicted octanol–water partition coefficient (Wildman–Crippen LogP) is 2.65. The highest BCUT2D eigenvalue weighted by atomic mass is 35.5. The number of terminal acetylenes is 1. The molecule has 0 bridgehead atoms. The fourth-order valence-corrected chi connectivity index (χ4v) is 1.74. The van der Waals surface area contributed by atoms with Crippen molar-refractivity contribution in [1.82, 2.24) is 5.32 Å². The van der Waals surface area contributed by atoms with Gasteiger partial charge in [-0.15, -0.1) is 18.8 Å². The van der Waals surface area contributed by atoms with Crippen molar-refractivity contribution >= 4 is 12.4 Å². The Morgan fingerprint density at radius 1 is 1.24 bits per heavy atom. The topological polar surface area (TPSA) is 39.7 Å². The van der Waals surface area contributed by atoms with E-state index in [1.54, 1.807) is 7.11 Å². The van der Waals surface area contributed by atoms with Crippen molar-refractivity contribution in [2.45, 2.75) is 19.9 Å². The van der Waals surface area contributed by atoms with Crippen molar-refractivity contribution < 1.29 is 14.2 Å². The molecular weight excluding hydrogens is 290 g/mol. The molecule has 0 atom stereocenters. The molecule has 0 radical (unpaired) electrons. The van der Waals surface area contributed by atoms with Crippen LogP contribution < -0.4 is 14.8 Å². The molecule has 0 aliphatic rings. The minimum Gasteiger partial charge on any atom is -0.490 e. The number of hydrogen-bond acceptors (Lipinski definition) is 4. The van der Waals surface area contributed by atoms with Crippen molar-refractivity contribution in [3.05, 3.63) is 23.8 Å². The molecule has 0 saturated heterocycles. The zero-order valence-electron chi connectivity index (χ0n) is 12.7. The summed E-state index contributed by atoms with van der Waals surface area (Å²) in [6.07, 6.45) is 6.20. The van der Waals surface area contributed by atoms with Crippen LogP contribution in [0.15, 0.2) is 18.2 Å². The van der Waals surface area contributed by atoms with Crippen LogP contribution in [0.2, 0.25) is 0 Å². The Kier molecular flexibility index (Phi) is 11.5. The van der Waals surface area contributed by atoms with Crippen LogP contribution in [0, 0.1) is 12.3 Å². The van der Waals surface area contributed by atoms with Gasteiger partial charge in [0, 0.05) is 20.3 Å². The Morgan fingerprint density at radius 3 is 2.71 bits per heavy atom. The molecule has 0 heterocycles. The molecule has 0 aliphatic carbocycles. The maximum absolute atomic E-state index is 5.58. The second kappa shape index (κ2) is 12.3. The number of nitrogens with one attached hydrogen (secondary N) is 1. The van der Waals surface area contributed by atoms with Crippen molar-refractivity contribution in [3.63, 3.8) is 0 Å². The van der Waals surface area contributed by atoms with Gasteiger partial charge in [-0.1, -0.05) is 12.0 Å². The normalized spacial score (nSPS) is 9.57. The van der Waals surface area contributed by atoms with Crippen molar-refractivity contribution in [2.75, 3.05) is 33.5 Å². The summed E-state index contributed by atoms with van der Waals surface area (Å²) in [5.41, 5.74) is 1.15. The van der Waals surface area contributed by atoms with E-state index in [-0.39, 0.29) is 19.0 Å². The lowest BCUT2D eigenvalue weighted by Gasteiger charge is -2.12. The van der Waals surface area contributed by atoms with E-state index in [4.69, 9.17) is 20.6 Å². The van der Waals surface area contributed by atoms with E-state index in [1.165, 1.54) is 0 Å². The maximum Gasteiger partial charge on any atom is 0.162 e. The summed E-state index contributed by atoms with van der Waals surface area (Å²) in [5, 5.41) is 3.36. The van der Waals surface area contributed by atoms with Crippen molar-refractivity contribution in [3.8, 4) is 23.8 Å². The van der Waals surface area contributed by atoms with E-state index in [0.717, 1.165) is 37.4 Å². The summed E-state index contributed by atoms with van der Waals surface area (Å²) >= 11 is 0. The second-order valence-electron chi connectivity index (χ2n) is 4.23. The molecule has 0 spiro atoms. The smallest absolute Gasteiger partial charge is 0.162 e. The molecule has 1 aromatic rings. The number of benzene rings is 1. The quantitative estimate of drug-likeness (QED) is 0.532. The first-order valence-corrected chi connectivity index (χ1v) is 6.83. The van der Waals surface area contributed by atoms with Crippen LogP contribution in [0.5, 0.6) is 11.5 Å². The Morgan fingerprint density at radius 2 is 2.05 bits per heavy atom. The standard InChI is InChI=1S/C16H23NO3.ClH/c1-4-10-20-15-8-7-14(12-16(15)19-5-2)13-17-9-6-11-18-3;/h1,7-8,12,17H,5-6,9-11,13H2,2-3H3;1H. The van der Waals surface area contributed by atoms with Crippen molar-refractivity contribution in [2.24, 2.45) is 0 Å². The van der Waals surface area contributed by atoms with Gasteiger partial charge in [-0.25, -0.2) is 0 Å². The number of methoxy groups -OCH3 is 1. The highest BCUT2D eigenvalue weighted by molar-refractivity contribution is 5.85. The highest BCUT2D eigenvalue weighted by Crippen LogP contribution is 2.28. The third kappa shape index (κ3) is 7.81. The lowest BCUT2D eigenvalue weighted by Crippen LogP contribution is -2.16. The third-order valence-electron chi connectivity index (χ3n) is 2.65. The van der Waals surface area contributed by atoms with Gasteiger partial charge in [-0.05, 0) is 37.6 Å². The average Bonchev–Trinajstić information content (AvgIpc) is 2.46. The second-order valence-corrected chi connectivity index (χ2v) is 4.23. The molecule has 21 heavy (non-hydrogen) atoms. The van der Waals surface area contributed by atoms with Gasteiger partial charge in [0.25, 0.3) is 0 Å². The summed E-state index contributed by atoms with van der Waals surface area (Å²) in [4.78, 5) is 0. The number of ether oxygens (including phenoxy) is 3. The Labute approximate surface area is 133 Å². The largest absolute Gasteiger partial charge is 0.490 e. The first-order chi connectivity index (χ1) is 9.81. The minimum absolute atomic E-state index is 0. The summed E-state index contributed by atoms with van der Waals surface area (Å²) < 4.78 is 16.0. The van der Waals surface area contributed by atoms with Crippen LogP contribution in [0.1, 0.15) is 18.9 Å². The van der Waals surface area contributed by atoms with E-state index >= 15 is 0 Å². The van der Waals surface area contributed by atoms with Crippen LogP contribution in [0.4, 0.5) is 0 Å². The van der Waals surface area contributed by atoms with Gasteiger partial charge in [0.1, 0.15) is 6.61 Å². The number of rotatable bonds is 10. The van der Waals surface area contributed by atoms with Gasteiger partial charge in [-0.3, -0.25) is 0 Å². The Hall–Kier alpha value is -1.41.